The number of carboxylic acid groups (broad SMARTS) is 1. The molecule has 0 spiro atoms. The van der Waals surface area contributed by atoms with Crippen molar-refractivity contribution < 1.29 is 14.7 Å². The molecule has 0 saturated heterocycles. The molecule has 0 aliphatic rings. The summed E-state index contributed by atoms with van der Waals surface area (Å²) in [5, 5.41) is 11.6. The molecule has 1 heterocycles. The van der Waals surface area contributed by atoms with Crippen LogP contribution in [0.4, 0.5) is 0 Å². The summed E-state index contributed by atoms with van der Waals surface area (Å²) in [6, 6.07) is 8.65. The van der Waals surface area contributed by atoms with E-state index in [1.165, 1.54) is 0 Å². The Morgan fingerprint density at radius 2 is 2.12 bits per heavy atom. The molecule has 0 aliphatic heterocycles. The summed E-state index contributed by atoms with van der Waals surface area (Å²) in [5.74, 6) is -1.47. The number of pyridine rings is 1. The van der Waals surface area contributed by atoms with E-state index in [1.54, 1.807) is 30.5 Å². The number of nitrogens with one attached hydrogen (secondary N) is 1. The van der Waals surface area contributed by atoms with Crippen molar-refractivity contribution in [1.82, 2.24) is 10.3 Å². The smallest absolute Gasteiger partial charge is 0.322 e. The Hall–Kier alpha value is -2.43. The number of aromatic nitrogens is 1. The number of carboxylic acids is 1. The van der Waals surface area contributed by atoms with Gasteiger partial charge in [-0.1, -0.05) is 6.07 Å². The summed E-state index contributed by atoms with van der Waals surface area (Å²) in [6.45, 7) is -0.385. The summed E-state index contributed by atoms with van der Waals surface area (Å²) in [4.78, 5) is 26.1. The van der Waals surface area contributed by atoms with Crippen LogP contribution in [0.5, 0.6) is 0 Å². The minimum atomic E-state index is -1.07. The molecule has 0 unspecified atom stereocenters. The number of carbonyl (C=O) groups excluding carboxylic acids is 1. The van der Waals surface area contributed by atoms with Crippen molar-refractivity contribution >= 4 is 22.8 Å². The molecule has 0 bridgehead atoms. The Balaban J connectivity index is 2.24. The third-order valence-electron chi connectivity index (χ3n) is 2.27. The number of hydrogen-bond acceptors (Lipinski definition) is 3. The van der Waals surface area contributed by atoms with Gasteiger partial charge in [-0.2, -0.15) is 0 Å². The fraction of sp³-hybridized carbons (Fsp3) is 0.0833. The van der Waals surface area contributed by atoms with Gasteiger partial charge in [-0.3, -0.25) is 14.6 Å². The van der Waals surface area contributed by atoms with Crippen molar-refractivity contribution in [2.45, 2.75) is 0 Å². The third-order valence-corrected chi connectivity index (χ3v) is 2.27. The number of benzene rings is 1. The van der Waals surface area contributed by atoms with E-state index in [2.05, 4.69) is 10.3 Å². The van der Waals surface area contributed by atoms with Gasteiger partial charge >= 0.3 is 5.97 Å². The van der Waals surface area contributed by atoms with Gasteiger partial charge in [0, 0.05) is 17.1 Å². The maximum Gasteiger partial charge on any atom is 0.322 e. The molecule has 1 aromatic heterocycles. The zero-order chi connectivity index (χ0) is 12.3. The van der Waals surface area contributed by atoms with Crippen LogP contribution in [0.25, 0.3) is 10.9 Å². The molecule has 5 nitrogen and oxygen atoms in total. The molecule has 0 atom stereocenters. The molecule has 0 aliphatic carbocycles. The first-order chi connectivity index (χ1) is 8.16. The first-order valence-corrected chi connectivity index (χ1v) is 5.01. The Morgan fingerprint density at radius 1 is 1.29 bits per heavy atom. The van der Waals surface area contributed by atoms with E-state index < -0.39 is 11.9 Å². The van der Waals surface area contributed by atoms with Gasteiger partial charge in [0.15, 0.2) is 0 Å². The monoisotopic (exact) mass is 230 g/mol. The highest BCUT2D eigenvalue weighted by atomic mass is 16.4. The second-order valence-corrected chi connectivity index (χ2v) is 3.49. The quantitative estimate of drug-likeness (QED) is 0.826. The van der Waals surface area contributed by atoms with Crippen molar-refractivity contribution in [1.29, 1.82) is 0 Å². The minimum Gasteiger partial charge on any atom is -0.480 e. The van der Waals surface area contributed by atoms with Crippen molar-refractivity contribution in [3.8, 4) is 0 Å². The molecule has 17 heavy (non-hydrogen) atoms. The van der Waals surface area contributed by atoms with Crippen LogP contribution in [-0.2, 0) is 4.79 Å². The zero-order valence-corrected chi connectivity index (χ0v) is 8.88. The molecule has 0 fully saturated rings. The van der Waals surface area contributed by atoms with E-state index in [0.717, 1.165) is 10.9 Å². The Kier molecular flexibility index (Phi) is 3.00. The predicted molar refractivity (Wildman–Crippen MR) is 61.7 cm³/mol. The van der Waals surface area contributed by atoms with Crippen LogP contribution < -0.4 is 5.32 Å². The Morgan fingerprint density at radius 3 is 2.88 bits per heavy atom. The van der Waals surface area contributed by atoms with Gasteiger partial charge in [0.05, 0.1) is 5.52 Å². The number of nitrogens with zero attached hydrogens (tertiary/aromatic N) is 1. The first kappa shape index (κ1) is 11.1. The lowest BCUT2D eigenvalue weighted by Crippen LogP contribution is -2.29. The van der Waals surface area contributed by atoms with Gasteiger partial charge in [-0.05, 0) is 24.3 Å². The van der Waals surface area contributed by atoms with E-state index in [0.29, 0.717) is 5.56 Å². The summed E-state index contributed by atoms with van der Waals surface area (Å²) >= 11 is 0. The van der Waals surface area contributed by atoms with E-state index in [1.807, 2.05) is 6.07 Å². The summed E-state index contributed by atoms with van der Waals surface area (Å²) in [5.41, 5.74) is 1.22. The molecular formula is C12H10N2O3. The van der Waals surface area contributed by atoms with E-state index in [9.17, 15) is 9.59 Å². The average molecular weight is 230 g/mol. The fourth-order valence-corrected chi connectivity index (χ4v) is 1.47. The third kappa shape index (κ3) is 2.57. The Bertz CT molecular complexity index is 581. The normalized spacial score (nSPS) is 10.1. The lowest BCUT2D eigenvalue weighted by atomic mass is 10.1. The highest BCUT2D eigenvalue weighted by molar-refractivity contribution is 5.98. The van der Waals surface area contributed by atoms with E-state index in [4.69, 9.17) is 5.11 Å². The number of carbonyl (C=O) groups is 2. The molecule has 5 heteroatoms. The molecule has 1 aromatic carbocycles. The topological polar surface area (TPSA) is 79.3 Å². The average Bonchev–Trinajstić information content (AvgIpc) is 2.35. The van der Waals surface area contributed by atoms with Crippen molar-refractivity contribution in [3.05, 3.63) is 42.1 Å². The lowest BCUT2D eigenvalue weighted by molar-refractivity contribution is -0.135. The minimum absolute atomic E-state index is 0.385. The van der Waals surface area contributed by atoms with E-state index >= 15 is 0 Å². The largest absolute Gasteiger partial charge is 0.480 e. The highest BCUT2D eigenvalue weighted by Crippen LogP contribution is 2.12. The van der Waals surface area contributed by atoms with Crippen LogP contribution in [0.15, 0.2) is 36.5 Å². The zero-order valence-electron chi connectivity index (χ0n) is 8.88. The number of hydrogen-bond donors (Lipinski definition) is 2. The van der Waals surface area contributed by atoms with Crippen LogP contribution in [0.2, 0.25) is 0 Å². The van der Waals surface area contributed by atoms with Crippen LogP contribution in [0, 0.1) is 0 Å². The summed E-state index contributed by atoms with van der Waals surface area (Å²) in [7, 11) is 0. The Labute approximate surface area is 97.1 Å². The molecular weight excluding hydrogens is 220 g/mol. The van der Waals surface area contributed by atoms with Crippen molar-refractivity contribution in [3.63, 3.8) is 0 Å². The molecule has 0 radical (unpaired) electrons. The second kappa shape index (κ2) is 4.61. The number of fused-ring (bicyclic) bond motifs is 1. The van der Waals surface area contributed by atoms with Crippen LogP contribution in [0.1, 0.15) is 10.4 Å². The number of amides is 1. The molecule has 2 aromatic rings. The van der Waals surface area contributed by atoms with Crippen LogP contribution in [-0.4, -0.2) is 28.5 Å². The van der Waals surface area contributed by atoms with Crippen LogP contribution in [0.3, 0.4) is 0 Å². The molecule has 2 rings (SSSR count). The highest BCUT2D eigenvalue weighted by Gasteiger charge is 2.07. The molecule has 86 valence electrons. The molecule has 1 amide bonds. The SMILES string of the molecule is O=C(O)CNC(=O)c1ccc2ncccc2c1. The molecule has 0 saturated carbocycles. The van der Waals surface area contributed by atoms with E-state index in [-0.39, 0.29) is 6.54 Å². The molecule has 2 N–H and O–H groups in total. The standard InChI is InChI=1S/C12H10N2O3/c15-11(16)7-14-12(17)9-3-4-10-8(6-9)2-1-5-13-10/h1-6H,7H2,(H,14,17)(H,15,16). The van der Waals surface area contributed by atoms with Crippen LogP contribution >= 0.6 is 0 Å². The van der Waals surface area contributed by atoms with Gasteiger partial charge in [0.25, 0.3) is 5.91 Å². The summed E-state index contributed by atoms with van der Waals surface area (Å²) < 4.78 is 0. The van der Waals surface area contributed by atoms with Gasteiger partial charge in [0.1, 0.15) is 6.54 Å². The van der Waals surface area contributed by atoms with Gasteiger partial charge in [-0.15, -0.1) is 0 Å². The number of rotatable bonds is 3. The fourth-order valence-electron chi connectivity index (χ4n) is 1.47. The summed E-state index contributed by atoms with van der Waals surface area (Å²) in [6.07, 6.45) is 1.67. The maximum absolute atomic E-state index is 11.6. The van der Waals surface area contributed by atoms with Gasteiger partial charge in [-0.25, -0.2) is 0 Å². The second-order valence-electron chi connectivity index (χ2n) is 3.49. The predicted octanol–water partition coefficient (Wildman–Crippen LogP) is 1.05. The first-order valence-electron chi connectivity index (χ1n) is 5.01. The lowest BCUT2D eigenvalue weighted by Gasteiger charge is -2.03. The van der Waals surface area contributed by atoms with Gasteiger partial charge in [0.2, 0.25) is 0 Å². The van der Waals surface area contributed by atoms with Crippen molar-refractivity contribution in [2.75, 3.05) is 6.54 Å². The van der Waals surface area contributed by atoms with Gasteiger partial charge < -0.3 is 10.4 Å². The van der Waals surface area contributed by atoms with Crippen molar-refractivity contribution in [2.24, 2.45) is 0 Å². The maximum atomic E-state index is 11.6. The number of aliphatic carboxylic acids is 1.